The lowest BCUT2D eigenvalue weighted by atomic mass is 10.0. The molecule has 0 heterocycles. The second kappa shape index (κ2) is 16.7. The summed E-state index contributed by atoms with van der Waals surface area (Å²) in [5.41, 5.74) is 11.8. The summed E-state index contributed by atoms with van der Waals surface area (Å²) in [7, 11) is 0. The van der Waals surface area contributed by atoms with Crippen LogP contribution < -0.4 is 9.80 Å². The molecule has 6 aromatic carbocycles. The van der Waals surface area contributed by atoms with Crippen molar-refractivity contribution in [2.75, 3.05) is 9.80 Å². The van der Waals surface area contributed by atoms with Crippen molar-refractivity contribution in [2.45, 2.75) is 48.0 Å². The molecular formula is C43H46N2. The zero-order chi connectivity index (χ0) is 32.0. The Morgan fingerprint density at radius 3 is 0.978 bits per heavy atom. The van der Waals surface area contributed by atoms with E-state index in [4.69, 9.17) is 0 Å². The van der Waals surface area contributed by atoms with E-state index in [9.17, 15) is 0 Å². The average molecular weight is 591 g/mol. The number of hydrogen-bond acceptors (Lipinski definition) is 2. The number of rotatable bonds is 8. The quantitative estimate of drug-likeness (QED) is 0.174. The summed E-state index contributed by atoms with van der Waals surface area (Å²) in [5, 5.41) is 0. The monoisotopic (exact) mass is 590 g/mol. The normalized spacial score (nSPS) is 10.1. The van der Waals surface area contributed by atoms with Gasteiger partial charge in [-0.3, -0.25) is 0 Å². The van der Waals surface area contributed by atoms with Gasteiger partial charge in [0, 0.05) is 34.1 Å². The first-order valence-electron chi connectivity index (χ1n) is 16.3. The number of anilines is 6. The van der Waals surface area contributed by atoms with Crippen LogP contribution in [0.1, 0.15) is 45.7 Å². The number of para-hydroxylation sites is 2. The van der Waals surface area contributed by atoms with E-state index in [1.54, 1.807) is 0 Å². The Bertz CT molecular complexity index is 1670. The second-order valence-electron chi connectivity index (χ2n) is 10.3. The minimum Gasteiger partial charge on any atom is -0.311 e. The fraction of sp³-hybridized carbons (Fsp3) is 0.163. The highest BCUT2D eigenvalue weighted by Crippen LogP contribution is 2.38. The van der Waals surface area contributed by atoms with Gasteiger partial charge in [0.2, 0.25) is 0 Å². The first-order valence-corrected chi connectivity index (χ1v) is 16.3. The second-order valence-corrected chi connectivity index (χ2v) is 10.3. The lowest BCUT2D eigenvalue weighted by Gasteiger charge is -2.26. The Hall–Kier alpha value is -5.08. The van der Waals surface area contributed by atoms with Crippen LogP contribution in [0.4, 0.5) is 34.1 Å². The molecule has 0 saturated carbocycles. The molecule has 6 rings (SSSR count). The molecule has 0 atom stereocenters. The third-order valence-electron chi connectivity index (χ3n) is 7.51. The highest BCUT2D eigenvalue weighted by Gasteiger charge is 2.14. The van der Waals surface area contributed by atoms with Crippen molar-refractivity contribution in [1.82, 2.24) is 0 Å². The van der Waals surface area contributed by atoms with Crippen LogP contribution in [0.25, 0.3) is 11.1 Å². The molecule has 0 aliphatic heterocycles. The van der Waals surface area contributed by atoms with E-state index in [1.807, 2.05) is 27.7 Å². The lowest BCUT2D eigenvalue weighted by molar-refractivity contribution is 1.14. The van der Waals surface area contributed by atoms with Crippen molar-refractivity contribution in [3.05, 3.63) is 169 Å². The Balaban J connectivity index is 0.00000111. The highest BCUT2D eigenvalue weighted by atomic mass is 15.1. The maximum absolute atomic E-state index is 2.31. The van der Waals surface area contributed by atoms with Gasteiger partial charge in [-0.2, -0.15) is 0 Å². The van der Waals surface area contributed by atoms with Crippen LogP contribution >= 0.6 is 0 Å². The molecule has 0 unspecified atom stereocenters. The molecule has 0 aliphatic carbocycles. The van der Waals surface area contributed by atoms with Gasteiger partial charge >= 0.3 is 0 Å². The summed E-state index contributed by atoms with van der Waals surface area (Å²) in [6, 6.07) is 56.4. The fourth-order valence-corrected chi connectivity index (χ4v) is 5.23. The van der Waals surface area contributed by atoms with E-state index in [0.717, 1.165) is 40.5 Å². The third-order valence-corrected chi connectivity index (χ3v) is 7.51. The van der Waals surface area contributed by atoms with E-state index in [2.05, 4.69) is 181 Å². The van der Waals surface area contributed by atoms with Crippen LogP contribution in [0.15, 0.2) is 158 Å². The Labute approximate surface area is 271 Å². The Morgan fingerprint density at radius 1 is 0.356 bits per heavy atom. The zero-order valence-electron chi connectivity index (χ0n) is 27.6. The third kappa shape index (κ3) is 8.10. The predicted molar refractivity (Wildman–Crippen MR) is 198 cm³/mol. The number of hydrogen-bond donors (Lipinski definition) is 0. The molecule has 6 aromatic rings. The topological polar surface area (TPSA) is 6.48 Å². The van der Waals surface area contributed by atoms with E-state index in [-0.39, 0.29) is 0 Å². The zero-order valence-corrected chi connectivity index (χ0v) is 27.6. The minimum atomic E-state index is 1.03. The molecule has 0 saturated heterocycles. The number of nitrogens with zero attached hydrogens (tertiary/aromatic N) is 2. The smallest absolute Gasteiger partial charge is 0.0462 e. The molecule has 0 radical (unpaired) electrons. The van der Waals surface area contributed by atoms with Gasteiger partial charge in [0.15, 0.2) is 0 Å². The van der Waals surface area contributed by atoms with Crippen LogP contribution in [-0.4, -0.2) is 0 Å². The SMILES string of the molecule is CC.CC.CCc1ccc(N(c2ccccc2)c2ccc(-c3ccc(N(c4ccccc4)c4ccc(C)cc4)cc3)cc2)cc1. The van der Waals surface area contributed by atoms with E-state index < -0.39 is 0 Å². The molecular weight excluding hydrogens is 544 g/mol. The molecule has 0 N–H and O–H groups in total. The van der Waals surface area contributed by atoms with Gasteiger partial charge in [0.1, 0.15) is 0 Å². The molecule has 0 spiro atoms. The summed E-state index contributed by atoms with van der Waals surface area (Å²) in [6.07, 6.45) is 1.03. The van der Waals surface area contributed by atoms with Crippen LogP contribution in [0, 0.1) is 6.92 Å². The number of aryl methyl sites for hydroxylation is 2. The highest BCUT2D eigenvalue weighted by molar-refractivity contribution is 5.80. The summed E-state index contributed by atoms with van der Waals surface area (Å²) < 4.78 is 0. The molecule has 45 heavy (non-hydrogen) atoms. The molecule has 0 aliphatic rings. The summed E-state index contributed by atoms with van der Waals surface area (Å²) in [5.74, 6) is 0. The van der Waals surface area contributed by atoms with Crippen LogP contribution in [-0.2, 0) is 6.42 Å². The maximum atomic E-state index is 2.31. The van der Waals surface area contributed by atoms with Crippen molar-refractivity contribution < 1.29 is 0 Å². The van der Waals surface area contributed by atoms with E-state index >= 15 is 0 Å². The van der Waals surface area contributed by atoms with Gasteiger partial charge < -0.3 is 9.80 Å². The van der Waals surface area contributed by atoms with Gasteiger partial charge in [-0.25, -0.2) is 0 Å². The maximum Gasteiger partial charge on any atom is 0.0462 e. The van der Waals surface area contributed by atoms with Crippen molar-refractivity contribution in [3.63, 3.8) is 0 Å². The van der Waals surface area contributed by atoms with Crippen molar-refractivity contribution in [3.8, 4) is 11.1 Å². The van der Waals surface area contributed by atoms with Gasteiger partial charge in [0.05, 0.1) is 0 Å². The average Bonchev–Trinajstić information content (AvgIpc) is 3.13. The minimum absolute atomic E-state index is 1.03. The summed E-state index contributed by atoms with van der Waals surface area (Å²) in [6.45, 7) is 12.3. The standard InChI is InChI=1S/C39H34N2.2C2H6/c1-3-31-16-24-37(25-17-31)41(35-12-8-5-9-13-35)39-28-20-33(21-29-39)32-18-26-38(27-19-32)40(34-10-6-4-7-11-34)36-22-14-30(2)15-23-36;2*1-2/h4-29H,3H2,1-2H3;2*1-2H3. The van der Waals surface area contributed by atoms with Gasteiger partial charge in [-0.05, 0) is 103 Å². The number of benzene rings is 6. The van der Waals surface area contributed by atoms with E-state index in [1.165, 1.54) is 22.3 Å². The van der Waals surface area contributed by atoms with Gasteiger partial charge in [-0.1, -0.05) is 125 Å². The fourth-order valence-electron chi connectivity index (χ4n) is 5.23. The predicted octanol–water partition coefficient (Wildman–Crippen LogP) is 13.2. The summed E-state index contributed by atoms with van der Waals surface area (Å²) >= 11 is 0. The molecule has 2 nitrogen and oxygen atoms in total. The summed E-state index contributed by atoms with van der Waals surface area (Å²) in [4.78, 5) is 4.61. The molecule has 2 heteroatoms. The van der Waals surface area contributed by atoms with E-state index in [0.29, 0.717) is 0 Å². The first-order chi connectivity index (χ1) is 22.2. The molecule has 228 valence electrons. The molecule has 0 bridgehead atoms. The van der Waals surface area contributed by atoms with Crippen LogP contribution in [0.3, 0.4) is 0 Å². The lowest BCUT2D eigenvalue weighted by Crippen LogP contribution is -2.10. The Morgan fingerprint density at radius 2 is 0.644 bits per heavy atom. The Kier molecular flexibility index (Phi) is 12.2. The largest absolute Gasteiger partial charge is 0.311 e. The van der Waals surface area contributed by atoms with Crippen molar-refractivity contribution >= 4 is 34.1 Å². The van der Waals surface area contributed by atoms with Gasteiger partial charge in [-0.15, -0.1) is 0 Å². The van der Waals surface area contributed by atoms with Crippen molar-refractivity contribution in [2.24, 2.45) is 0 Å². The molecule has 0 aromatic heterocycles. The van der Waals surface area contributed by atoms with Crippen molar-refractivity contribution in [1.29, 1.82) is 0 Å². The molecule has 0 fully saturated rings. The first kappa shape index (κ1) is 32.8. The van der Waals surface area contributed by atoms with Crippen LogP contribution in [0.2, 0.25) is 0 Å². The van der Waals surface area contributed by atoms with Crippen LogP contribution in [0.5, 0.6) is 0 Å². The van der Waals surface area contributed by atoms with Gasteiger partial charge in [0.25, 0.3) is 0 Å². The molecule has 0 amide bonds.